The Morgan fingerprint density at radius 2 is 2.21 bits per heavy atom. The van der Waals surface area contributed by atoms with E-state index in [1.54, 1.807) is 14.0 Å². The zero-order valence-corrected chi connectivity index (χ0v) is 14.2. The molecule has 0 spiro atoms. The maximum absolute atomic E-state index is 11.6. The molecule has 1 atom stereocenters. The number of aryl methyl sites for hydroxylation is 1. The first-order chi connectivity index (χ1) is 11.6. The molecule has 1 saturated heterocycles. The van der Waals surface area contributed by atoms with E-state index < -0.39 is 0 Å². The van der Waals surface area contributed by atoms with Crippen molar-refractivity contribution in [3.05, 3.63) is 47.4 Å². The molecule has 1 aromatic carbocycles. The van der Waals surface area contributed by atoms with Crippen molar-refractivity contribution in [2.24, 2.45) is 0 Å². The monoisotopic (exact) mass is 326 g/mol. The lowest BCUT2D eigenvalue weighted by Crippen LogP contribution is -2.44. The highest BCUT2D eigenvalue weighted by Crippen LogP contribution is 2.32. The van der Waals surface area contributed by atoms with E-state index in [1.165, 1.54) is 0 Å². The summed E-state index contributed by atoms with van der Waals surface area (Å²) in [6.07, 6.45) is 0.950. The van der Waals surface area contributed by atoms with Crippen molar-refractivity contribution in [3.8, 4) is 5.75 Å². The van der Waals surface area contributed by atoms with Crippen molar-refractivity contribution in [1.29, 1.82) is 0 Å². The lowest BCUT2D eigenvalue weighted by Gasteiger charge is -2.40. The lowest BCUT2D eigenvalue weighted by atomic mass is 9.99. The van der Waals surface area contributed by atoms with Crippen LogP contribution in [0.3, 0.4) is 0 Å². The van der Waals surface area contributed by atoms with Gasteiger partial charge in [-0.25, -0.2) is 9.97 Å². The zero-order chi connectivity index (χ0) is 17.1. The maximum atomic E-state index is 11.6. The molecule has 2 aromatic rings. The van der Waals surface area contributed by atoms with Crippen molar-refractivity contribution in [2.45, 2.75) is 32.9 Å². The summed E-state index contributed by atoms with van der Waals surface area (Å²) in [6, 6.07) is 9.92. The van der Waals surface area contributed by atoms with Crippen LogP contribution in [0.1, 0.15) is 36.5 Å². The van der Waals surface area contributed by atoms with Crippen LogP contribution in [-0.4, -0.2) is 34.4 Å². The summed E-state index contributed by atoms with van der Waals surface area (Å²) in [5, 5.41) is 3.33. The highest BCUT2D eigenvalue weighted by atomic mass is 16.5. The number of anilines is 1. The molecular weight excluding hydrogens is 304 g/mol. The summed E-state index contributed by atoms with van der Waals surface area (Å²) in [7, 11) is 1.66. The fourth-order valence-corrected chi connectivity index (χ4v) is 2.90. The first-order valence-corrected chi connectivity index (χ1v) is 8.06. The number of aromatic nitrogens is 2. The van der Waals surface area contributed by atoms with Crippen LogP contribution in [0.4, 0.5) is 5.82 Å². The minimum atomic E-state index is 0.0709. The molecule has 0 saturated carbocycles. The Kier molecular flexibility index (Phi) is 4.64. The first-order valence-electron chi connectivity index (χ1n) is 8.06. The molecule has 2 heterocycles. The number of nitrogens with one attached hydrogen (secondary N) is 1. The predicted octanol–water partition coefficient (Wildman–Crippen LogP) is 2.70. The number of benzene rings is 1. The van der Waals surface area contributed by atoms with Gasteiger partial charge < -0.3 is 15.0 Å². The smallest absolute Gasteiger partial charge is 0.220 e. The normalized spacial score (nSPS) is 16.5. The number of carbonyl (C=O) groups excluding carboxylic acids is 1. The summed E-state index contributed by atoms with van der Waals surface area (Å²) in [5.74, 6) is 2.40. The molecule has 0 aliphatic carbocycles. The number of carbonyl (C=O) groups is 1. The van der Waals surface area contributed by atoms with E-state index in [0.29, 0.717) is 12.4 Å². The minimum Gasteiger partial charge on any atom is -0.497 e. The summed E-state index contributed by atoms with van der Waals surface area (Å²) in [5.41, 5.74) is 2.01. The molecule has 0 unspecified atom stereocenters. The average Bonchev–Trinajstić information content (AvgIpc) is 2.51. The van der Waals surface area contributed by atoms with E-state index in [0.717, 1.165) is 35.8 Å². The van der Waals surface area contributed by atoms with E-state index >= 15 is 0 Å². The Morgan fingerprint density at radius 3 is 2.88 bits per heavy atom. The molecule has 126 valence electrons. The lowest BCUT2D eigenvalue weighted by molar-refractivity contribution is -0.136. The predicted molar refractivity (Wildman–Crippen MR) is 91.8 cm³/mol. The van der Waals surface area contributed by atoms with Crippen LogP contribution < -0.4 is 10.1 Å². The molecule has 1 fully saturated rings. The molecule has 0 radical (unpaired) electrons. The van der Waals surface area contributed by atoms with Gasteiger partial charge in [-0.15, -0.1) is 0 Å². The minimum absolute atomic E-state index is 0.0709. The Labute approximate surface area is 141 Å². The average molecular weight is 326 g/mol. The van der Waals surface area contributed by atoms with Gasteiger partial charge in [0.1, 0.15) is 17.4 Å². The van der Waals surface area contributed by atoms with Crippen molar-refractivity contribution in [3.63, 3.8) is 0 Å². The molecule has 3 rings (SSSR count). The molecule has 1 aromatic heterocycles. The van der Waals surface area contributed by atoms with Gasteiger partial charge in [-0.1, -0.05) is 12.1 Å². The zero-order valence-electron chi connectivity index (χ0n) is 14.2. The molecule has 6 heteroatoms. The number of methoxy groups -OCH3 is 1. The summed E-state index contributed by atoms with van der Waals surface area (Å²) < 4.78 is 5.24. The number of hydrogen-bond acceptors (Lipinski definition) is 5. The van der Waals surface area contributed by atoms with Crippen molar-refractivity contribution < 1.29 is 9.53 Å². The van der Waals surface area contributed by atoms with Gasteiger partial charge in [-0.2, -0.15) is 0 Å². The highest BCUT2D eigenvalue weighted by molar-refractivity contribution is 5.74. The van der Waals surface area contributed by atoms with Crippen LogP contribution in [0.2, 0.25) is 0 Å². The summed E-state index contributed by atoms with van der Waals surface area (Å²) in [4.78, 5) is 22.4. The highest BCUT2D eigenvalue weighted by Gasteiger charge is 2.32. The molecular formula is C18H22N4O2. The van der Waals surface area contributed by atoms with Crippen LogP contribution in [0.25, 0.3) is 0 Å². The summed E-state index contributed by atoms with van der Waals surface area (Å²) >= 11 is 0. The molecule has 24 heavy (non-hydrogen) atoms. The van der Waals surface area contributed by atoms with Gasteiger partial charge >= 0.3 is 0 Å². The third-order valence-electron chi connectivity index (χ3n) is 4.23. The van der Waals surface area contributed by atoms with Crippen LogP contribution in [-0.2, 0) is 11.3 Å². The van der Waals surface area contributed by atoms with Gasteiger partial charge in [-0.3, -0.25) is 4.79 Å². The summed E-state index contributed by atoms with van der Waals surface area (Å²) in [6.45, 7) is 4.92. The fraction of sp³-hybridized carbons (Fsp3) is 0.389. The van der Waals surface area contributed by atoms with E-state index in [9.17, 15) is 4.79 Å². The number of nitrogens with zero attached hydrogens (tertiary/aromatic N) is 3. The van der Waals surface area contributed by atoms with Crippen LogP contribution in [0, 0.1) is 6.92 Å². The van der Waals surface area contributed by atoms with E-state index in [2.05, 4.69) is 15.3 Å². The van der Waals surface area contributed by atoms with Gasteiger partial charge in [0.2, 0.25) is 5.91 Å². The third kappa shape index (κ3) is 3.48. The molecule has 0 bridgehead atoms. The Bertz CT molecular complexity index is 748. The largest absolute Gasteiger partial charge is 0.497 e. The van der Waals surface area contributed by atoms with Crippen molar-refractivity contribution in [1.82, 2.24) is 14.9 Å². The number of rotatable bonds is 5. The number of hydrogen-bond donors (Lipinski definition) is 1. The van der Waals surface area contributed by atoms with E-state index in [4.69, 9.17) is 4.74 Å². The van der Waals surface area contributed by atoms with Crippen molar-refractivity contribution in [2.75, 3.05) is 19.0 Å². The molecule has 1 aliphatic heterocycles. The second-order valence-electron chi connectivity index (χ2n) is 5.95. The Morgan fingerprint density at radius 1 is 1.38 bits per heavy atom. The molecule has 1 aliphatic rings. The fourth-order valence-electron chi connectivity index (χ4n) is 2.90. The van der Waals surface area contributed by atoms with Gasteiger partial charge in [-0.05, 0) is 31.0 Å². The van der Waals surface area contributed by atoms with Crippen LogP contribution in [0.5, 0.6) is 5.75 Å². The van der Waals surface area contributed by atoms with Gasteiger partial charge in [0, 0.05) is 26.1 Å². The Hall–Kier alpha value is -2.63. The Balaban J connectivity index is 1.73. The SMILES string of the molecule is COc1cccc(CNc2cc([C@@H]3CCN3C(C)=O)nc(C)n2)c1. The van der Waals surface area contributed by atoms with Crippen LogP contribution >= 0.6 is 0 Å². The topological polar surface area (TPSA) is 67.3 Å². The maximum Gasteiger partial charge on any atom is 0.220 e. The number of ether oxygens (including phenoxy) is 1. The third-order valence-corrected chi connectivity index (χ3v) is 4.23. The van der Waals surface area contributed by atoms with Gasteiger partial charge in [0.25, 0.3) is 0 Å². The molecule has 6 nitrogen and oxygen atoms in total. The van der Waals surface area contributed by atoms with Gasteiger partial charge in [0.15, 0.2) is 0 Å². The van der Waals surface area contributed by atoms with E-state index in [-0.39, 0.29) is 11.9 Å². The number of likely N-dealkylation sites (tertiary alicyclic amines) is 1. The standard InChI is InChI=1S/C18H22N4O2/c1-12-20-16(17-7-8-22(17)13(2)23)10-18(21-12)19-11-14-5-4-6-15(9-14)24-3/h4-6,9-10,17H,7-8,11H2,1-3H3,(H,19,20,21)/t17-/m0/s1. The second kappa shape index (κ2) is 6.86. The second-order valence-corrected chi connectivity index (χ2v) is 5.95. The molecule has 1 N–H and O–H groups in total. The quantitative estimate of drug-likeness (QED) is 0.915. The molecule has 1 amide bonds. The van der Waals surface area contributed by atoms with Crippen molar-refractivity contribution >= 4 is 11.7 Å². The van der Waals surface area contributed by atoms with E-state index in [1.807, 2.05) is 42.2 Å². The number of amides is 1. The van der Waals surface area contributed by atoms with Crippen LogP contribution in [0.15, 0.2) is 30.3 Å². The van der Waals surface area contributed by atoms with Gasteiger partial charge in [0.05, 0.1) is 18.8 Å². The first kappa shape index (κ1) is 16.2.